The van der Waals surface area contributed by atoms with Crippen molar-refractivity contribution in [3.05, 3.63) is 70.8 Å². The van der Waals surface area contributed by atoms with Crippen LogP contribution in [0.1, 0.15) is 16.7 Å². The molecule has 2 rings (SSSR count). The lowest BCUT2D eigenvalue weighted by molar-refractivity contribution is 1.22. The molecule has 0 unspecified atom stereocenters. The van der Waals surface area contributed by atoms with Crippen LogP contribution in [0, 0.1) is 13.8 Å². The molecule has 0 aliphatic heterocycles. The summed E-state index contributed by atoms with van der Waals surface area (Å²) in [4.78, 5) is 2.06. The third-order valence-corrected chi connectivity index (χ3v) is 3.59. The van der Waals surface area contributed by atoms with Gasteiger partial charge in [0.25, 0.3) is 0 Å². The van der Waals surface area contributed by atoms with E-state index in [0.29, 0.717) is 0 Å². The Morgan fingerprint density at radius 2 is 1.58 bits per heavy atom. The maximum atomic E-state index is 6.26. The molecule has 2 aromatic carbocycles. The smallest absolute Gasteiger partial charge is 0.0499 e. The van der Waals surface area contributed by atoms with Gasteiger partial charge in [-0.3, -0.25) is 0 Å². The van der Waals surface area contributed by atoms with Crippen LogP contribution >= 0.6 is 11.6 Å². The molecule has 0 heterocycles. The molecule has 19 heavy (non-hydrogen) atoms. The molecule has 0 N–H and O–H groups in total. The molecular weight excluding hydrogens is 254 g/mol. The van der Waals surface area contributed by atoms with Gasteiger partial charge in [0.1, 0.15) is 0 Å². The fourth-order valence-electron chi connectivity index (χ4n) is 1.97. The van der Waals surface area contributed by atoms with E-state index < -0.39 is 0 Å². The number of halogens is 1. The molecule has 0 bridgehead atoms. The van der Waals surface area contributed by atoms with E-state index >= 15 is 0 Å². The van der Waals surface area contributed by atoms with Crippen molar-refractivity contribution in [2.75, 3.05) is 11.9 Å². The quantitative estimate of drug-likeness (QED) is 0.754. The molecule has 0 aliphatic carbocycles. The highest BCUT2D eigenvalue weighted by molar-refractivity contribution is 6.32. The van der Waals surface area contributed by atoms with Crippen molar-refractivity contribution in [2.24, 2.45) is 0 Å². The Kier molecular flexibility index (Phi) is 3.96. The van der Waals surface area contributed by atoms with Crippen LogP contribution in [0.4, 0.5) is 5.69 Å². The summed E-state index contributed by atoms with van der Waals surface area (Å²) in [5, 5.41) is 0.731. The molecule has 0 spiro atoms. The number of nitrogens with zero attached hydrogens (tertiary/aromatic N) is 1. The van der Waals surface area contributed by atoms with E-state index in [1.54, 1.807) is 0 Å². The maximum absolute atomic E-state index is 6.26. The lowest BCUT2D eigenvalue weighted by Crippen LogP contribution is -2.14. The van der Waals surface area contributed by atoms with Gasteiger partial charge < -0.3 is 4.90 Å². The largest absolute Gasteiger partial charge is 0.345 e. The standard InChI is InChI=1S/C17H18ClN/c1-12-5-8-15(9-6-12)19(4)14(3)16-11-13(2)7-10-17(16)18/h5-11H,3H2,1-2,4H3. The molecule has 0 aromatic heterocycles. The van der Waals surface area contributed by atoms with E-state index in [1.807, 2.05) is 19.2 Å². The molecule has 0 amide bonds. The second-order valence-corrected chi connectivity index (χ2v) is 5.23. The number of hydrogen-bond donors (Lipinski definition) is 0. The van der Waals surface area contributed by atoms with Gasteiger partial charge in [0.2, 0.25) is 0 Å². The van der Waals surface area contributed by atoms with Gasteiger partial charge in [-0.05, 0) is 38.1 Å². The third kappa shape index (κ3) is 2.99. The van der Waals surface area contributed by atoms with Gasteiger partial charge in [0.15, 0.2) is 0 Å². The van der Waals surface area contributed by atoms with Crippen LogP contribution in [0.2, 0.25) is 5.02 Å². The average Bonchev–Trinajstić information content (AvgIpc) is 2.41. The Labute approximate surface area is 120 Å². The monoisotopic (exact) mass is 271 g/mol. The molecule has 1 nitrogen and oxygen atoms in total. The van der Waals surface area contributed by atoms with Crippen molar-refractivity contribution < 1.29 is 0 Å². The number of anilines is 1. The molecule has 0 radical (unpaired) electrons. The number of benzene rings is 2. The molecule has 0 saturated heterocycles. The van der Waals surface area contributed by atoms with E-state index in [-0.39, 0.29) is 0 Å². The Bertz CT molecular complexity index is 599. The van der Waals surface area contributed by atoms with Crippen LogP contribution in [0.25, 0.3) is 5.70 Å². The van der Waals surface area contributed by atoms with E-state index in [0.717, 1.165) is 22.0 Å². The van der Waals surface area contributed by atoms with Gasteiger partial charge >= 0.3 is 0 Å². The Balaban J connectivity index is 2.33. The molecule has 2 heteroatoms. The predicted molar refractivity (Wildman–Crippen MR) is 84.8 cm³/mol. The topological polar surface area (TPSA) is 3.24 Å². The van der Waals surface area contributed by atoms with Crippen LogP contribution in [0.15, 0.2) is 49.0 Å². The number of hydrogen-bond acceptors (Lipinski definition) is 1. The van der Waals surface area contributed by atoms with Gasteiger partial charge in [0, 0.05) is 29.0 Å². The zero-order valence-electron chi connectivity index (χ0n) is 11.6. The second-order valence-electron chi connectivity index (χ2n) is 4.82. The Morgan fingerprint density at radius 1 is 1.00 bits per heavy atom. The second kappa shape index (κ2) is 5.50. The van der Waals surface area contributed by atoms with Crippen molar-refractivity contribution in [2.45, 2.75) is 13.8 Å². The molecule has 2 aromatic rings. The summed E-state index contributed by atoms with van der Waals surface area (Å²) in [5.41, 5.74) is 5.41. The summed E-state index contributed by atoms with van der Waals surface area (Å²) >= 11 is 6.26. The van der Waals surface area contributed by atoms with E-state index in [4.69, 9.17) is 11.6 Å². The fraction of sp³-hybridized carbons (Fsp3) is 0.176. The van der Waals surface area contributed by atoms with E-state index in [1.165, 1.54) is 11.1 Å². The minimum absolute atomic E-state index is 0.731. The molecular formula is C17H18ClN. The molecule has 0 saturated carbocycles. The number of rotatable bonds is 3. The molecule has 98 valence electrons. The predicted octanol–water partition coefficient (Wildman–Crippen LogP) is 5.06. The lowest BCUT2D eigenvalue weighted by Gasteiger charge is -2.23. The van der Waals surface area contributed by atoms with Crippen molar-refractivity contribution in [1.82, 2.24) is 0 Å². The zero-order valence-corrected chi connectivity index (χ0v) is 12.3. The van der Waals surface area contributed by atoms with Gasteiger partial charge in [-0.15, -0.1) is 0 Å². The van der Waals surface area contributed by atoms with Crippen LogP contribution in [0.3, 0.4) is 0 Å². The summed E-state index contributed by atoms with van der Waals surface area (Å²) in [6, 6.07) is 14.4. The van der Waals surface area contributed by atoms with E-state index in [2.05, 4.69) is 55.7 Å². The van der Waals surface area contributed by atoms with Crippen molar-refractivity contribution in [1.29, 1.82) is 0 Å². The van der Waals surface area contributed by atoms with Crippen LogP contribution in [-0.2, 0) is 0 Å². The van der Waals surface area contributed by atoms with Gasteiger partial charge in [0.05, 0.1) is 0 Å². The first-order chi connectivity index (χ1) is 8.99. The van der Waals surface area contributed by atoms with Gasteiger partial charge in [-0.2, -0.15) is 0 Å². The van der Waals surface area contributed by atoms with Crippen molar-refractivity contribution in [3.63, 3.8) is 0 Å². The third-order valence-electron chi connectivity index (χ3n) is 3.26. The van der Waals surface area contributed by atoms with Crippen LogP contribution < -0.4 is 4.90 Å². The zero-order chi connectivity index (χ0) is 14.0. The molecule has 0 atom stereocenters. The summed E-state index contributed by atoms with van der Waals surface area (Å²) in [7, 11) is 2.01. The first-order valence-electron chi connectivity index (χ1n) is 6.25. The van der Waals surface area contributed by atoms with Crippen molar-refractivity contribution in [3.8, 4) is 0 Å². The highest BCUT2D eigenvalue weighted by atomic mass is 35.5. The SMILES string of the molecule is C=C(c1cc(C)ccc1Cl)N(C)c1ccc(C)cc1. The number of aryl methyl sites for hydroxylation is 2. The minimum atomic E-state index is 0.731. The highest BCUT2D eigenvalue weighted by Gasteiger charge is 2.10. The highest BCUT2D eigenvalue weighted by Crippen LogP contribution is 2.29. The van der Waals surface area contributed by atoms with Crippen molar-refractivity contribution >= 4 is 23.0 Å². The average molecular weight is 272 g/mol. The Hall–Kier alpha value is -1.73. The summed E-state index contributed by atoms with van der Waals surface area (Å²) in [5.74, 6) is 0. The fourth-order valence-corrected chi connectivity index (χ4v) is 2.19. The Morgan fingerprint density at radius 3 is 2.21 bits per heavy atom. The minimum Gasteiger partial charge on any atom is -0.345 e. The van der Waals surface area contributed by atoms with E-state index in [9.17, 15) is 0 Å². The molecule has 0 fully saturated rings. The summed E-state index contributed by atoms with van der Waals surface area (Å²) in [6.45, 7) is 8.30. The van der Waals surface area contributed by atoms with Gasteiger partial charge in [-0.25, -0.2) is 0 Å². The van der Waals surface area contributed by atoms with Gasteiger partial charge in [-0.1, -0.05) is 47.5 Å². The molecule has 0 aliphatic rings. The normalized spacial score (nSPS) is 10.3. The first-order valence-corrected chi connectivity index (χ1v) is 6.62. The van der Waals surface area contributed by atoms with Crippen LogP contribution in [0.5, 0.6) is 0 Å². The first kappa shape index (κ1) is 13.7. The van der Waals surface area contributed by atoms with Crippen LogP contribution in [-0.4, -0.2) is 7.05 Å². The summed E-state index contributed by atoms with van der Waals surface area (Å²) in [6.07, 6.45) is 0. The summed E-state index contributed by atoms with van der Waals surface area (Å²) < 4.78 is 0. The lowest BCUT2D eigenvalue weighted by atomic mass is 10.1. The maximum Gasteiger partial charge on any atom is 0.0499 e.